The van der Waals surface area contributed by atoms with Gasteiger partial charge in [0.25, 0.3) is 0 Å². The first-order valence-corrected chi connectivity index (χ1v) is 7.08. The van der Waals surface area contributed by atoms with Crippen molar-refractivity contribution in [3.8, 4) is 0 Å². The lowest BCUT2D eigenvalue weighted by Crippen LogP contribution is -2.17. The fraction of sp³-hybridized carbons (Fsp3) is 0.429. The molecule has 4 heterocycles. The molecule has 0 spiro atoms. The van der Waals surface area contributed by atoms with E-state index >= 15 is 0 Å². The highest BCUT2D eigenvalue weighted by Gasteiger charge is 2.34. The molecule has 7 heteroatoms. The molecule has 0 radical (unpaired) electrons. The SMILES string of the molecule is C[C@H]1C[C@@H](CO)O[C@H]1n1cc2c3c(ncnc31)NNC=C2. The standard InChI is InChI=1S/C14H17N5O2/c1-8-4-10(6-20)21-14(8)19-5-9-2-3-17-18-12-11(9)13(19)16-7-15-12/h2-3,5,7-8,10,14,17,20H,4,6H2,1H3,(H,15,16,18)/t8-,10-,14+/m0/s1. The van der Waals surface area contributed by atoms with E-state index in [1.54, 1.807) is 6.33 Å². The van der Waals surface area contributed by atoms with Gasteiger partial charge < -0.3 is 19.8 Å². The monoisotopic (exact) mass is 287 g/mol. The number of aliphatic hydroxyl groups is 1. The second-order valence-corrected chi connectivity index (χ2v) is 5.56. The molecule has 2 aromatic heterocycles. The normalized spacial score (nSPS) is 27.4. The number of ether oxygens (including phenoxy) is 1. The number of aromatic nitrogens is 3. The average Bonchev–Trinajstić information content (AvgIpc) is 2.97. The molecular weight excluding hydrogens is 270 g/mol. The fourth-order valence-corrected chi connectivity index (χ4v) is 3.15. The van der Waals surface area contributed by atoms with Crippen molar-refractivity contribution >= 4 is 22.9 Å². The highest BCUT2D eigenvalue weighted by Crippen LogP contribution is 2.38. The van der Waals surface area contributed by atoms with E-state index < -0.39 is 0 Å². The first kappa shape index (κ1) is 12.6. The van der Waals surface area contributed by atoms with Crippen molar-refractivity contribution in [2.24, 2.45) is 5.92 Å². The Balaban J connectivity index is 1.86. The predicted molar refractivity (Wildman–Crippen MR) is 78.1 cm³/mol. The Morgan fingerprint density at radius 3 is 3.19 bits per heavy atom. The molecule has 21 heavy (non-hydrogen) atoms. The Labute approximate surface area is 121 Å². The Morgan fingerprint density at radius 1 is 1.48 bits per heavy atom. The summed E-state index contributed by atoms with van der Waals surface area (Å²) in [4.78, 5) is 8.69. The van der Waals surface area contributed by atoms with Crippen molar-refractivity contribution in [1.82, 2.24) is 20.0 Å². The summed E-state index contributed by atoms with van der Waals surface area (Å²) in [5, 5.41) is 10.3. The minimum absolute atomic E-state index is 0.0541. The summed E-state index contributed by atoms with van der Waals surface area (Å²) in [5.41, 5.74) is 7.88. The minimum atomic E-state index is -0.109. The van der Waals surface area contributed by atoms with Gasteiger partial charge in [-0.25, -0.2) is 9.97 Å². The molecule has 1 saturated heterocycles. The van der Waals surface area contributed by atoms with Gasteiger partial charge in [-0.2, -0.15) is 0 Å². The molecule has 0 bridgehead atoms. The quantitative estimate of drug-likeness (QED) is 0.771. The van der Waals surface area contributed by atoms with Crippen LogP contribution < -0.4 is 10.9 Å². The van der Waals surface area contributed by atoms with Gasteiger partial charge in [0.1, 0.15) is 18.2 Å². The van der Waals surface area contributed by atoms with Gasteiger partial charge in [0.2, 0.25) is 0 Å². The number of nitrogens with one attached hydrogen (secondary N) is 2. The zero-order chi connectivity index (χ0) is 14.4. The van der Waals surface area contributed by atoms with E-state index in [0.29, 0.717) is 5.92 Å². The van der Waals surface area contributed by atoms with Crippen LogP contribution in [0.4, 0.5) is 5.82 Å². The van der Waals surface area contributed by atoms with Crippen molar-refractivity contribution in [1.29, 1.82) is 0 Å². The van der Waals surface area contributed by atoms with Crippen LogP contribution in [0.25, 0.3) is 17.1 Å². The summed E-state index contributed by atoms with van der Waals surface area (Å²) in [7, 11) is 0. The molecule has 110 valence electrons. The number of rotatable bonds is 2. The van der Waals surface area contributed by atoms with Gasteiger partial charge >= 0.3 is 0 Å². The molecule has 0 unspecified atom stereocenters. The van der Waals surface area contributed by atoms with Crippen LogP contribution in [0.1, 0.15) is 25.1 Å². The van der Waals surface area contributed by atoms with Crippen LogP contribution in [-0.2, 0) is 4.74 Å². The van der Waals surface area contributed by atoms with Crippen molar-refractivity contribution in [3.05, 3.63) is 24.3 Å². The van der Waals surface area contributed by atoms with Gasteiger partial charge in [0, 0.05) is 23.9 Å². The zero-order valence-corrected chi connectivity index (χ0v) is 11.7. The van der Waals surface area contributed by atoms with E-state index in [2.05, 4.69) is 27.7 Å². The van der Waals surface area contributed by atoms with Crippen LogP contribution in [-0.4, -0.2) is 32.4 Å². The van der Waals surface area contributed by atoms with Crippen LogP contribution in [0.2, 0.25) is 0 Å². The van der Waals surface area contributed by atoms with E-state index in [1.807, 2.05) is 23.0 Å². The van der Waals surface area contributed by atoms with E-state index in [9.17, 15) is 5.11 Å². The Hall–Kier alpha value is -2.12. The molecule has 3 N–H and O–H groups in total. The number of anilines is 1. The molecule has 7 nitrogen and oxygen atoms in total. The molecule has 0 saturated carbocycles. The Morgan fingerprint density at radius 2 is 2.38 bits per heavy atom. The third kappa shape index (κ3) is 1.89. The molecule has 0 aliphatic carbocycles. The van der Waals surface area contributed by atoms with Gasteiger partial charge in [-0.05, 0) is 12.5 Å². The van der Waals surface area contributed by atoms with Gasteiger partial charge in [0.05, 0.1) is 18.1 Å². The molecule has 4 rings (SSSR count). The predicted octanol–water partition coefficient (Wildman–Crippen LogP) is 1.25. The van der Waals surface area contributed by atoms with Gasteiger partial charge in [-0.3, -0.25) is 5.43 Å². The number of hydrogen-bond donors (Lipinski definition) is 3. The van der Waals surface area contributed by atoms with Crippen molar-refractivity contribution in [2.75, 3.05) is 12.0 Å². The van der Waals surface area contributed by atoms with Crippen LogP contribution in [0.3, 0.4) is 0 Å². The Bertz CT molecular complexity index is 711. The Kier molecular flexibility index (Phi) is 2.83. The number of hydrogen-bond acceptors (Lipinski definition) is 6. The lowest BCUT2D eigenvalue weighted by atomic mass is 10.1. The lowest BCUT2D eigenvalue weighted by Gasteiger charge is -2.18. The smallest absolute Gasteiger partial charge is 0.157 e. The van der Waals surface area contributed by atoms with Crippen LogP contribution in [0.15, 0.2) is 18.7 Å². The number of nitrogens with zero attached hydrogens (tertiary/aromatic N) is 3. The highest BCUT2D eigenvalue weighted by molar-refractivity contribution is 5.96. The maximum Gasteiger partial charge on any atom is 0.157 e. The summed E-state index contributed by atoms with van der Waals surface area (Å²) < 4.78 is 8.01. The van der Waals surface area contributed by atoms with E-state index in [0.717, 1.165) is 28.8 Å². The van der Waals surface area contributed by atoms with Gasteiger partial charge in [-0.1, -0.05) is 6.92 Å². The molecule has 2 aliphatic heterocycles. The molecule has 1 fully saturated rings. The maximum absolute atomic E-state index is 9.32. The van der Waals surface area contributed by atoms with Crippen LogP contribution in [0.5, 0.6) is 0 Å². The second-order valence-electron chi connectivity index (χ2n) is 5.56. The number of aliphatic hydroxyl groups excluding tert-OH is 1. The van der Waals surface area contributed by atoms with Gasteiger partial charge in [0.15, 0.2) is 5.82 Å². The molecular formula is C14H17N5O2. The minimum Gasteiger partial charge on any atom is -0.394 e. The largest absolute Gasteiger partial charge is 0.394 e. The third-order valence-electron chi connectivity index (χ3n) is 4.11. The van der Waals surface area contributed by atoms with Gasteiger partial charge in [-0.15, -0.1) is 0 Å². The van der Waals surface area contributed by atoms with E-state index in [1.165, 1.54) is 0 Å². The first-order chi connectivity index (χ1) is 10.3. The summed E-state index contributed by atoms with van der Waals surface area (Å²) in [5.74, 6) is 1.07. The molecule has 0 amide bonds. The summed E-state index contributed by atoms with van der Waals surface area (Å²) >= 11 is 0. The van der Waals surface area contributed by atoms with Crippen LogP contribution >= 0.6 is 0 Å². The topological polar surface area (TPSA) is 84.2 Å². The summed E-state index contributed by atoms with van der Waals surface area (Å²) in [6, 6.07) is 0. The third-order valence-corrected chi connectivity index (χ3v) is 4.11. The van der Waals surface area contributed by atoms with E-state index in [-0.39, 0.29) is 18.9 Å². The second kappa shape index (κ2) is 4.71. The van der Waals surface area contributed by atoms with Crippen molar-refractivity contribution < 1.29 is 9.84 Å². The summed E-state index contributed by atoms with van der Waals surface area (Å²) in [6.07, 6.45) is 8.03. The lowest BCUT2D eigenvalue weighted by molar-refractivity contribution is -0.0291. The van der Waals surface area contributed by atoms with Crippen molar-refractivity contribution in [3.63, 3.8) is 0 Å². The first-order valence-electron chi connectivity index (χ1n) is 7.08. The van der Waals surface area contributed by atoms with Crippen LogP contribution in [0, 0.1) is 5.92 Å². The number of hydrazine groups is 1. The van der Waals surface area contributed by atoms with Crippen molar-refractivity contribution in [2.45, 2.75) is 25.7 Å². The zero-order valence-electron chi connectivity index (χ0n) is 11.7. The van der Waals surface area contributed by atoms with E-state index in [4.69, 9.17) is 4.74 Å². The average molecular weight is 287 g/mol. The molecule has 2 aliphatic rings. The molecule has 0 aromatic carbocycles. The molecule has 2 aromatic rings. The maximum atomic E-state index is 9.32. The highest BCUT2D eigenvalue weighted by atomic mass is 16.5. The molecule has 3 atom stereocenters. The fourth-order valence-electron chi connectivity index (χ4n) is 3.15. The summed E-state index contributed by atoms with van der Waals surface area (Å²) in [6.45, 7) is 2.19.